The quantitative estimate of drug-likeness (QED) is 0.894. The van der Waals surface area contributed by atoms with Crippen molar-refractivity contribution in [3.8, 4) is 0 Å². The SMILES string of the molecule is Cc1ncsc1CN(C)Cc1cccc(CN)n1. The first kappa shape index (κ1) is 13.1. The molecule has 2 aromatic rings. The first-order valence-corrected chi connectivity index (χ1v) is 6.79. The molecule has 96 valence electrons. The van der Waals surface area contributed by atoms with Crippen LogP contribution < -0.4 is 5.73 Å². The summed E-state index contributed by atoms with van der Waals surface area (Å²) in [6.45, 7) is 4.27. The summed E-state index contributed by atoms with van der Waals surface area (Å²) in [4.78, 5) is 12.3. The summed E-state index contributed by atoms with van der Waals surface area (Å²) in [5, 5.41) is 0. The molecule has 0 radical (unpaired) electrons. The highest BCUT2D eigenvalue weighted by Crippen LogP contribution is 2.15. The number of hydrogen-bond donors (Lipinski definition) is 1. The zero-order valence-corrected chi connectivity index (χ0v) is 11.6. The third-order valence-electron chi connectivity index (χ3n) is 2.76. The normalized spacial score (nSPS) is 11.1. The Balaban J connectivity index is 1.98. The van der Waals surface area contributed by atoms with E-state index < -0.39 is 0 Å². The molecule has 0 aliphatic rings. The predicted octanol–water partition coefficient (Wildman–Crippen LogP) is 1.94. The lowest BCUT2D eigenvalue weighted by Gasteiger charge is -2.15. The molecule has 2 aromatic heterocycles. The van der Waals surface area contributed by atoms with Gasteiger partial charge in [-0.3, -0.25) is 9.88 Å². The number of rotatable bonds is 5. The van der Waals surface area contributed by atoms with Crippen LogP contribution in [0.1, 0.15) is 22.0 Å². The molecule has 18 heavy (non-hydrogen) atoms. The number of aryl methyl sites for hydroxylation is 1. The van der Waals surface area contributed by atoms with E-state index in [1.54, 1.807) is 11.3 Å². The minimum absolute atomic E-state index is 0.492. The van der Waals surface area contributed by atoms with Gasteiger partial charge in [-0.05, 0) is 26.1 Å². The highest BCUT2D eigenvalue weighted by Gasteiger charge is 2.07. The summed E-state index contributed by atoms with van der Waals surface area (Å²) < 4.78 is 0. The Morgan fingerprint density at radius 2 is 2.06 bits per heavy atom. The molecule has 0 aliphatic carbocycles. The molecule has 0 saturated carbocycles. The van der Waals surface area contributed by atoms with E-state index in [0.29, 0.717) is 6.54 Å². The number of aromatic nitrogens is 2. The van der Waals surface area contributed by atoms with Crippen molar-refractivity contribution in [1.29, 1.82) is 0 Å². The van der Waals surface area contributed by atoms with Crippen LogP contribution in [0.15, 0.2) is 23.7 Å². The molecular formula is C13H18N4S. The Morgan fingerprint density at radius 3 is 2.72 bits per heavy atom. The number of thiazole rings is 1. The molecule has 0 amide bonds. The van der Waals surface area contributed by atoms with Crippen molar-refractivity contribution in [1.82, 2.24) is 14.9 Å². The maximum absolute atomic E-state index is 5.60. The van der Waals surface area contributed by atoms with Crippen molar-refractivity contribution < 1.29 is 0 Å². The molecule has 0 unspecified atom stereocenters. The second kappa shape index (κ2) is 6.04. The summed E-state index contributed by atoms with van der Waals surface area (Å²) >= 11 is 1.70. The van der Waals surface area contributed by atoms with E-state index in [1.807, 2.05) is 30.6 Å². The van der Waals surface area contributed by atoms with Gasteiger partial charge in [-0.1, -0.05) is 6.07 Å². The van der Waals surface area contributed by atoms with E-state index in [1.165, 1.54) is 4.88 Å². The number of pyridine rings is 1. The van der Waals surface area contributed by atoms with Crippen molar-refractivity contribution in [3.63, 3.8) is 0 Å². The molecule has 2 rings (SSSR count). The van der Waals surface area contributed by atoms with E-state index in [0.717, 1.165) is 30.2 Å². The van der Waals surface area contributed by atoms with Crippen molar-refractivity contribution in [2.24, 2.45) is 5.73 Å². The van der Waals surface area contributed by atoms with Gasteiger partial charge < -0.3 is 5.73 Å². The Kier molecular flexibility index (Phi) is 4.41. The predicted molar refractivity (Wildman–Crippen MR) is 74.2 cm³/mol. The van der Waals surface area contributed by atoms with Gasteiger partial charge in [0.25, 0.3) is 0 Å². The Labute approximate surface area is 111 Å². The van der Waals surface area contributed by atoms with Gasteiger partial charge in [0.15, 0.2) is 0 Å². The van der Waals surface area contributed by atoms with E-state index in [-0.39, 0.29) is 0 Å². The van der Waals surface area contributed by atoms with Gasteiger partial charge in [0, 0.05) is 24.5 Å². The van der Waals surface area contributed by atoms with E-state index in [9.17, 15) is 0 Å². The van der Waals surface area contributed by atoms with Gasteiger partial charge in [0.1, 0.15) is 0 Å². The number of nitrogens with zero attached hydrogens (tertiary/aromatic N) is 3. The fraction of sp³-hybridized carbons (Fsp3) is 0.385. The lowest BCUT2D eigenvalue weighted by atomic mass is 10.3. The molecule has 0 aliphatic heterocycles. The largest absolute Gasteiger partial charge is 0.325 e. The van der Waals surface area contributed by atoms with Crippen LogP contribution in [-0.4, -0.2) is 21.9 Å². The van der Waals surface area contributed by atoms with Gasteiger partial charge in [0.05, 0.1) is 22.6 Å². The molecule has 0 spiro atoms. The monoisotopic (exact) mass is 262 g/mol. The van der Waals surface area contributed by atoms with E-state index in [4.69, 9.17) is 5.73 Å². The van der Waals surface area contributed by atoms with Crippen molar-refractivity contribution in [3.05, 3.63) is 45.7 Å². The third kappa shape index (κ3) is 3.35. The molecule has 0 atom stereocenters. The summed E-state index contributed by atoms with van der Waals surface area (Å²) in [6, 6.07) is 6.00. The Hall–Kier alpha value is -1.30. The fourth-order valence-corrected chi connectivity index (χ4v) is 2.64. The second-order valence-corrected chi connectivity index (χ2v) is 5.30. The van der Waals surface area contributed by atoms with E-state index >= 15 is 0 Å². The van der Waals surface area contributed by atoms with Gasteiger partial charge in [0.2, 0.25) is 0 Å². The molecular weight excluding hydrogens is 244 g/mol. The van der Waals surface area contributed by atoms with Crippen LogP contribution in [0.2, 0.25) is 0 Å². The summed E-state index contributed by atoms with van der Waals surface area (Å²) in [5.41, 5.74) is 10.6. The van der Waals surface area contributed by atoms with Crippen molar-refractivity contribution in [2.75, 3.05) is 7.05 Å². The zero-order valence-electron chi connectivity index (χ0n) is 10.8. The van der Waals surface area contributed by atoms with Gasteiger partial charge in [-0.2, -0.15) is 0 Å². The smallest absolute Gasteiger partial charge is 0.0798 e. The topological polar surface area (TPSA) is 55.0 Å². The van der Waals surface area contributed by atoms with Crippen LogP contribution in [0.3, 0.4) is 0 Å². The standard InChI is InChI=1S/C13H18N4S/c1-10-13(18-9-15-10)8-17(2)7-12-5-3-4-11(6-14)16-12/h3-5,9H,6-8,14H2,1-2H3. The van der Waals surface area contributed by atoms with Crippen LogP contribution in [0.25, 0.3) is 0 Å². The van der Waals surface area contributed by atoms with E-state index in [2.05, 4.69) is 21.9 Å². The average molecular weight is 262 g/mol. The van der Waals surface area contributed by atoms with Crippen molar-refractivity contribution in [2.45, 2.75) is 26.6 Å². The molecule has 0 bridgehead atoms. The minimum atomic E-state index is 0.492. The van der Waals surface area contributed by atoms with Gasteiger partial charge in [-0.25, -0.2) is 4.98 Å². The lowest BCUT2D eigenvalue weighted by molar-refractivity contribution is 0.317. The zero-order chi connectivity index (χ0) is 13.0. The first-order valence-electron chi connectivity index (χ1n) is 5.91. The average Bonchev–Trinajstić information content (AvgIpc) is 2.75. The maximum Gasteiger partial charge on any atom is 0.0798 e. The minimum Gasteiger partial charge on any atom is -0.325 e. The molecule has 4 nitrogen and oxygen atoms in total. The van der Waals surface area contributed by atoms with Crippen molar-refractivity contribution >= 4 is 11.3 Å². The second-order valence-electron chi connectivity index (χ2n) is 4.36. The van der Waals surface area contributed by atoms with Crippen LogP contribution >= 0.6 is 11.3 Å². The first-order chi connectivity index (χ1) is 8.69. The number of hydrogen-bond acceptors (Lipinski definition) is 5. The van der Waals surface area contributed by atoms with Crippen LogP contribution in [0, 0.1) is 6.92 Å². The lowest BCUT2D eigenvalue weighted by Crippen LogP contribution is -2.18. The molecule has 5 heteroatoms. The molecule has 0 saturated heterocycles. The van der Waals surface area contributed by atoms with Crippen LogP contribution in [0.4, 0.5) is 0 Å². The molecule has 0 fully saturated rings. The molecule has 2 heterocycles. The van der Waals surface area contributed by atoms with Crippen LogP contribution in [0.5, 0.6) is 0 Å². The maximum atomic E-state index is 5.60. The van der Waals surface area contributed by atoms with Gasteiger partial charge in [-0.15, -0.1) is 11.3 Å². The van der Waals surface area contributed by atoms with Crippen LogP contribution in [-0.2, 0) is 19.6 Å². The Bertz CT molecular complexity index is 509. The van der Waals surface area contributed by atoms with Gasteiger partial charge >= 0.3 is 0 Å². The summed E-state index contributed by atoms with van der Waals surface area (Å²) in [5.74, 6) is 0. The fourth-order valence-electron chi connectivity index (χ4n) is 1.79. The summed E-state index contributed by atoms with van der Waals surface area (Å²) in [6.07, 6.45) is 0. The highest BCUT2D eigenvalue weighted by atomic mass is 32.1. The molecule has 2 N–H and O–H groups in total. The highest BCUT2D eigenvalue weighted by molar-refractivity contribution is 7.09. The third-order valence-corrected chi connectivity index (χ3v) is 3.68. The molecule has 0 aromatic carbocycles. The summed E-state index contributed by atoms with van der Waals surface area (Å²) in [7, 11) is 2.09. The number of nitrogens with two attached hydrogens (primary N) is 1. The Morgan fingerprint density at radius 1 is 1.28 bits per heavy atom.